The number of ether oxygens (including phenoxy) is 1. The SMILES string of the molecule is C[C@@H]1CCC(=O)CCC(O)(C(F)(F)F)c2nnc(o2)-c2nc(c(C(F)(F)F)cc2N)O1. The molecule has 3 rings (SSSR count). The van der Waals surface area contributed by atoms with Crippen molar-refractivity contribution in [2.45, 2.75) is 56.7 Å². The number of nitrogens with zero attached hydrogens (tertiary/aromatic N) is 3. The second-order valence-electron chi connectivity index (χ2n) is 7.05. The largest absolute Gasteiger partial charge is 0.474 e. The van der Waals surface area contributed by atoms with E-state index in [4.69, 9.17) is 14.9 Å². The molecule has 2 aromatic heterocycles. The number of pyridine rings is 1. The second-order valence-corrected chi connectivity index (χ2v) is 7.05. The number of aromatic nitrogens is 3. The minimum Gasteiger partial charge on any atom is -0.474 e. The summed E-state index contributed by atoms with van der Waals surface area (Å²) in [5, 5.41) is 16.8. The van der Waals surface area contributed by atoms with Crippen LogP contribution in [-0.4, -0.2) is 38.4 Å². The molecular formula is C17H16F6N4O4. The molecule has 31 heavy (non-hydrogen) atoms. The molecule has 170 valence electrons. The summed E-state index contributed by atoms with van der Waals surface area (Å²) >= 11 is 0. The Balaban J connectivity index is 2.20. The van der Waals surface area contributed by atoms with E-state index in [0.717, 1.165) is 0 Å². The molecule has 2 atom stereocenters. The lowest BCUT2D eigenvalue weighted by atomic mass is 9.94. The maximum Gasteiger partial charge on any atom is 0.426 e. The highest BCUT2D eigenvalue weighted by atomic mass is 19.4. The van der Waals surface area contributed by atoms with Crippen LogP contribution in [0.5, 0.6) is 5.88 Å². The molecular weight excluding hydrogens is 438 g/mol. The second kappa shape index (κ2) is 7.66. The van der Waals surface area contributed by atoms with Gasteiger partial charge in [0.25, 0.3) is 11.8 Å². The van der Waals surface area contributed by atoms with Crippen LogP contribution in [-0.2, 0) is 16.6 Å². The first-order valence-electron chi connectivity index (χ1n) is 8.92. The third-order valence-electron chi connectivity index (χ3n) is 4.68. The monoisotopic (exact) mass is 454 g/mol. The van der Waals surface area contributed by atoms with E-state index in [0.29, 0.717) is 6.07 Å². The van der Waals surface area contributed by atoms with E-state index in [2.05, 4.69) is 15.2 Å². The van der Waals surface area contributed by atoms with Gasteiger partial charge in [0.1, 0.15) is 11.3 Å². The first-order valence-corrected chi connectivity index (χ1v) is 8.92. The van der Waals surface area contributed by atoms with Crippen molar-refractivity contribution in [3.63, 3.8) is 0 Å². The number of hydrogen-bond acceptors (Lipinski definition) is 8. The van der Waals surface area contributed by atoms with Crippen molar-refractivity contribution in [3.05, 3.63) is 17.5 Å². The summed E-state index contributed by atoms with van der Waals surface area (Å²) < 4.78 is 91.0. The average molecular weight is 454 g/mol. The lowest BCUT2D eigenvalue weighted by Crippen LogP contribution is -2.43. The van der Waals surface area contributed by atoms with Gasteiger partial charge < -0.3 is 20.0 Å². The van der Waals surface area contributed by atoms with Crippen LogP contribution in [0.4, 0.5) is 32.0 Å². The first kappa shape index (κ1) is 22.8. The van der Waals surface area contributed by atoms with Crippen LogP contribution in [0.3, 0.4) is 0 Å². The van der Waals surface area contributed by atoms with Crippen molar-refractivity contribution in [1.29, 1.82) is 0 Å². The summed E-state index contributed by atoms with van der Waals surface area (Å²) in [6.45, 7) is 1.37. The van der Waals surface area contributed by atoms with Crippen LogP contribution in [0.1, 0.15) is 44.1 Å². The Hall–Kier alpha value is -2.90. The fourth-order valence-corrected chi connectivity index (χ4v) is 2.89. The number of hydrogen-bond donors (Lipinski definition) is 2. The summed E-state index contributed by atoms with van der Waals surface area (Å²) in [5.74, 6) is -3.64. The Bertz CT molecular complexity index is 990. The Morgan fingerprint density at radius 3 is 2.48 bits per heavy atom. The quantitative estimate of drug-likeness (QED) is 0.581. The van der Waals surface area contributed by atoms with Crippen LogP contribution >= 0.6 is 0 Å². The number of nitrogen functional groups attached to an aromatic ring is 1. The van der Waals surface area contributed by atoms with E-state index >= 15 is 0 Å². The molecule has 2 aromatic rings. The highest BCUT2D eigenvalue weighted by Gasteiger charge is 2.59. The van der Waals surface area contributed by atoms with Gasteiger partial charge in [0.15, 0.2) is 5.69 Å². The third kappa shape index (κ3) is 4.43. The van der Waals surface area contributed by atoms with Crippen molar-refractivity contribution in [2.24, 2.45) is 0 Å². The number of carbonyl (C=O) groups excluding carboxylic acids is 1. The Kier molecular flexibility index (Phi) is 5.63. The molecule has 0 aliphatic carbocycles. The fraction of sp³-hybridized carbons (Fsp3) is 0.529. The van der Waals surface area contributed by atoms with Crippen LogP contribution in [0.15, 0.2) is 10.5 Å². The van der Waals surface area contributed by atoms with Crippen molar-refractivity contribution in [2.75, 3.05) is 5.73 Å². The van der Waals surface area contributed by atoms with Gasteiger partial charge in [-0.1, -0.05) is 0 Å². The van der Waals surface area contributed by atoms with E-state index in [9.17, 15) is 36.2 Å². The van der Waals surface area contributed by atoms with Crippen LogP contribution in [0.2, 0.25) is 0 Å². The molecule has 0 amide bonds. The van der Waals surface area contributed by atoms with Gasteiger partial charge in [-0.05, 0) is 19.4 Å². The molecule has 1 unspecified atom stereocenters. The van der Waals surface area contributed by atoms with E-state index < -0.39 is 77.3 Å². The molecule has 3 N–H and O–H groups in total. The number of carbonyl (C=O) groups is 1. The zero-order chi connectivity index (χ0) is 23.2. The Labute approximate surface area is 170 Å². The smallest absolute Gasteiger partial charge is 0.426 e. The van der Waals surface area contributed by atoms with Crippen molar-refractivity contribution >= 4 is 11.5 Å². The number of nitrogens with two attached hydrogens (primary N) is 1. The highest BCUT2D eigenvalue weighted by molar-refractivity contribution is 5.78. The summed E-state index contributed by atoms with van der Waals surface area (Å²) in [4.78, 5) is 15.7. The summed E-state index contributed by atoms with van der Waals surface area (Å²) in [7, 11) is 0. The lowest BCUT2D eigenvalue weighted by molar-refractivity contribution is -0.276. The molecule has 0 saturated heterocycles. The molecule has 1 aliphatic heterocycles. The number of ketones is 1. The number of aliphatic hydroxyl groups is 1. The minimum absolute atomic E-state index is 0.0969. The predicted molar refractivity (Wildman–Crippen MR) is 90.5 cm³/mol. The summed E-state index contributed by atoms with van der Waals surface area (Å²) in [5.41, 5.74) is -0.538. The Morgan fingerprint density at radius 1 is 1.19 bits per heavy atom. The van der Waals surface area contributed by atoms with E-state index in [1.165, 1.54) is 6.92 Å². The molecule has 4 bridgehead atoms. The molecule has 0 spiro atoms. The predicted octanol–water partition coefficient (Wildman–Crippen LogP) is 3.39. The summed E-state index contributed by atoms with van der Waals surface area (Å²) in [6.07, 6.45) is -13.3. The first-order chi connectivity index (χ1) is 14.2. The van der Waals surface area contributed by atoms with Crippen molar-refractivity contribution in [1.82, 2.24) is 15.2 Å². The van der Waals surface area contributed by atoms with Crippen LogP contribution in [0.25, 0.3) is 11.6 Å². The number of rotatable bonds is 0. The maximum absolute atomic E-state index is 13.6. The fourth-order valence-electron chi connectivity index (χ4n) is 2.89. The molecule has 3 heterocycles. The topological polar surface area (TPSA) is 124 Å². The molecule has 0 radical (unpaired) electrons. The average Bonchev–Trinajstić information content (AvgIpc) is 3.13. The van der Waals surface area contributed by atoms with Crippen LogP contribution in [0, 0.1) is 0 Å². The van der Waals surface area contributed by atoms with Gasteiger partial charge in [-0.25, -0.2) is 4.98 Å². The number of halogens is 6. The van der Waals surface area contributed by atoms with Gasteiger partial charge in [0.05, 0.1) is 11.8 Å². The van der Waals surface area contributed by atoms with E-state index in [-0.39, 0.29) is 12.8 Å². The normalized spacial score (nSPS) is 23.2. The zero-order valence-electron chi connectivity index (χ0n) is 15.8. The molecule has 1 aliphatic rings. The molecule has 8 nitrogen and oxygen atoms in total. The molecule has 14 heteroatoms. The number of anilines is 1. The number of fused-ring (bicyclic) bond motifs is 5. The van der Waals surface area contributed by atoms with E-state index in [1.54, 1.807) is 0 Å². The molecule has 0 aromatic carbocycles. The van der Waals surface area contributed by atoms with Gasteiger partial charge in [0.2, 0.25) is 11.5 Å². The highest BCUT2D eigenvalue weighted by Crippen LogP contribution is 2.44. The van der Waals surface area contributed by atoms with Gasteiger partial charge in [-0.15, -0.1) is 10.2 Å². The van der Waals surface area contributed by atoms with Crippen LogP contribution < -0.4 is 10.5 Å². The van der Waals surface area contributed by atoms with E-state index in [1.807, 2.05) is 0 Å². The van der Waals surface area contributed by atoms with Crippen molar-refractivity contribution in [3.8, 4) is 17.5 Å². The number of alkyl halides is 6. The standard InChI is InChI=1S/C17H16F6N4O4/c1-7-2-3-8(28)4-5-15(29,17(21,22)23)14-27-26-13(31-14)11-10(24)6-9(16(18,19)20)12(25-11)30-7/h6-7,29H,2-5,24H2,1H3/t7-,15?/m1/s1. The Morgan fingerprint density at radius 2 is 1.87 bits per heavy atom. The molecule has 0 saturated carbocycles. The third-order valence-corrected chi connectivity index (χ3v) is 4.68. The van der Waals surface area contributed by atoms with Gasteiger partial charge in [-0.2, -0.15) is 26.3 Å². The minimum atomic E-state index is -5.28. The van der Waals surface area contributed by atoms with Crippen molar-refractivity contribution < 1.29 is 45.4 Å². The lowest BCUT2D eigenvalue weighted by Gasteiger charge is -2.26. The summed E-state index contributed by atoms with van der Waals surface area (Å²) in [6, 6.07) is 0.473. The zero-order valence-corrected chi connectivity index (χ0v) is 15.8. The molecule has 0 fully saturated rings. The number of Topliss-reactive ketones (excluding diaryl/α,β-unsaturated/α-hetero) is 1. The van der Waals surface area contributed by atoms with Gasteiger partial charge in [-0.3, -0.25) is 4.79 Å². The maximum atomic E-state index is 13.6. The van der Waals surface area contributed by atoms with Gasteiger partial charge in [0, 0.05) is 19.3 Å². The van der Waals surface area contributed by atoms with Gasteiger partial charge >= 0.3 is 12.4 Å².